The van der Waals surface area contributed by atoms with Gasteiger partial charge in [0.2, 0.25) is 10.0 Å². The van der Waals surface area contributed by atoms with Crippen LogP contribution in [0.4, 0.5) is 0 Å². The maximum absolute atomic E-state index is 12.6. The summed E-state index contributed by atoms with van der Waals surface area (Å²) in [5.41, 5.74) is 0. The number of rotatable bonds is 8. The summed E-state index contributed by atoms with van der Waals surface area (Å²) in [6, 6.07) is 4.40. The van der Waals surface area contributed by atoms with E-state index in [-0.39, 0.29) is 9.92 Å². The molecule has 0 fully saturated rings. The molecule has 0 radical (unpaired) electrons. The highest BCUT2D eigenvalue weighted by molar-refractivity contribution is 7.89. The van der Waals surface area contributed by atoms with E-state index in [4.69, 9.17) is 23.2 Å². The molecule has 120 valence electrons. The lowest BCUT2D eigenvalue weighted by Crippen LogP contribution is -2.38. The van der Waals surface area contributed by atoms with Gasteiger partial charge < -0.3 is 4.90 Å². The first-order valence-corrected chi connectivity index (χ1v) is 9.23. The normalized spacial score (nSPS) is 12.3. The summed E-state index contributed by atoms with van der Waals surface area (Å²) < 4.78 is 26.7. The molecule has 0 heterocycles. The molecule has 4 nitrogen and oxygen atoms in total. The number of halogens is 2. The Bertz CT molecular complexity index is 560. The van der Waals surface area contributed by atoms with E-state index < -0.39 is 10.0 Å². The van der Waals surface area contributed by atoms with Gasteiger partial charge in [0.05, 0.1) is 14.9 Å². The topological polar surface area (TPSA) is 40.6 Å². The van der Waals surface area contributed by atoms with E-state index in [0.29, 0.717) is 24.7 Å². The predicted molar refractivity (Wildman–Crippen MR) is 88.7 cm³/mol. The summed E-state index contributed by atoms with van der Waals surface area (Å²) in [6.07, 6.45) is 0. The number of benzene rings is 1. The Labute approximate surface area is 137 Å². The molecule has 7 heteroatoms. The molecule has 21 heavy (non-hydrogen) atoms. The minimum atomic E-state index is -3.54. The second-order valence-corrected chi connectivity index (χ2v) is 7.35. The Morgan fingerprint density at radius 2 is 1.57 bits per heavy atom. The number of sulfonamides is 1. The lowest BCUT2D eigenvalue weighted by molar-refractivity contribution is 0.274. The van der Waals surface area contributed by atoms with Crippen molar-refractivity contribution in [2.24, 2.45) is 0 Å². The summed E-state index contributed by atoms with van der Waals surface area (Å²) in [7, 11) is -3.54. The standard InChI is InChI=1S/C14H22Cl2N2O2S/c1-4-17(5-2)9-10-18(6-3)21(19,20)12-7-8-13(15)14(16)11-12/h7-8,11H,4-6,9-10H2,1-3H3. The van der Waals surface area contributed by atoms with Crippen LogP contribution in [0.2, 0.25) is 10.0 Å². The van der Waals surface area contributed by atoms with E-state index in [1.54, 1.807) is 0 Å². The average molecular weight is 353 g/mol. The van der Waals surface area contributed by atoms with Crippen molar-refractivity contribution in [1.29, 1.82) is 0 Å². The van der Waals surface area contributed by atoms with Gasteiger partial charge in [-0.25, -0.2) is 8.42 Å². The zero-order valence-corrected chi connectivity index (χ0v) is 15.0. The van der Waals surface area contributed by atoms with Crippen LogP contribution in [0.25, 0.3) is 0 Å². The third-order valence-electron chi connectivity index (χ3n) is 3.44. The van der Waals surface area contributed by atoms with Gasteiger partial charge in [0.1, 0.15) is 0 Å². The van der Waals surface area contributed by atoms with Gasteiger partial charge in [0, 0.05) is 19.6 Å². The van der Waals surface area contributed by atoms with Crippen molar-refractivity contribution in [3.63, 3.8) is 0 Å². The molecule has 1 aromatic carbocycles. The summed E-state index contributed by atoms with van der Waals surface area (Å²) >= 11 is 11.8. The van der Waals surface area contributed by atoms with Gasteiger partial charge in [-0.3, -0.25) is 0 Å². The second kappa shape index (κ2) is 8.34. The Balaban J connectivity index is 2.94. The first-order valence-electron chi connectivity index (χ1n) is 7.04. The smallest absolute Gasteiger partial charge is 0.243 e. The van der Waals surface area contributed by atoms with Gasteiger partial charge in [-0.2, -0.15) is 4.31 Å². The molecule has 0 aliphatic heterocycles. The Kier molecular flexibility index (Phi) is 7.44. The molecule has 0 saturated heterocycles. The van der Waals surface area contributed by atoms with Crippen molar-refractivity contribution in [2.75, 3.05) is 32.7 Å². The quantitative estimate of drug-likeness (QED) is 0.720. The summed E-state index contributed by atoms with van der Waals surface area (Å²) in [4.78, 5) is 2.37. The molecule has 0 aromatic heterocycles. The Hall–Kier alpha value is -0.330. The molecule has 0 atom stereocenters. The SMILES string of the molecule is CCN(CC)CCN(CC)S(=O)(=O)c1ccc(Cl)c(Cl)c1. The van der Waals surface area contributed by atoms with Crippen LogP contribution < -0.4 is 0 Å². The van der Waals surface area contributed by atoms with Crippen molar-refractivity contribution in [3.05, 3.63) is 28.2 Å². The van der Waals surface area contributed by atoms with E-state index in [2.05, 4.69) is 18.7 Å². The number of likely N-dealkylation sites (N-methyl/N-ethyl adjacent to an activating group) is 2. The van der Waals surface area contributed by atoms with Crippen LogP contribution in [0.5, 0.6) is 0 Å². The lowest BCUT2D eigenvalue weighted by atomic mass is 10.4. The highest BCUT2D eigenvalue weighted by Gasteiger charge is 2.23. The Morgan fingerprint density at radius 3 is 2.05 bits per heavy atom. The van der Waals surface area contributed by atoms with Gasteiger partial charge in [-0.1, -0.05) is 44.0 Å². The number of nitrogens with zero attached hydrogens (tertiary/aromatic N) is 2. The molecule has 0 aliphatic carbocycles. The van der Waals surface area contributed by atoms with E-state index in [1.807, 2.05) is 6.92 Å². The molecule has 0 spiro atoms. The minimum Gasteiger partial charge on any atom is -0.303 e. The van der Waals surface area contributed by atoms with Gasteiger partial charge in [-0.05, 0) is 31.3 Å². The minimum absolute atomic E-state index is 0.179. The van der Waals surface area contributed by atoms with Crippen molar-refractivity contribution in [1.82, 2.24) is 9.21 Å². The summed E-state index contributed by atoms with van der Waals surface area (Å²) in [5.74, 6) is 0. The van der Waals surface area contributed by atoms with Crippen LogP contribution in [0, 0.1) is 0 Å². The fraction of sp³-hybridized carbons (Fsp3) is 0.571. The summed E-state index contributed by atoms with van der Waals surface area (Å²) in [5, 5.41) is 0.597. The van der Waals surface area contributed by atoms with Crippen LogP contribution in [0.3, 0.4) is 0 Å². The predicted octanol–water partition coefficient (Wildman–Crippen LogP) is 3.35. The summed E-state index contributed by atoms with van der Waals surface area (Å²) in [6.45, 7) is 9.35. The molecule has 0 N–H and O–H groups in total. The van der Waals surface area contributed by atoms with Crippen LogP contribution >= 0.6 is 23.2 Å². The van der Waals surface area contributed by atoms with Crippen molar-refractivity contribution < 1.29 is 8.42 Å². The largest absolute Gasteiger partial charge is 0.303 e. The first-order chi connectivity index (χ1) is 9.86. The van der Waals surface area contributed by atoms with Crippen molar-refractivity contribution in [2.45, 2.75) is 25.7 Å². The zero-order valence-electron chi connectivity index (χ0n) is 12.6. The molecule has 0 saturated carbocycles. The van der Waals surface area contributed by atoms with Gasteiger partial charge in [-0.15, -0.1) is 0 Å². The fourth-order valence-corrected chi connectivity index (χ4v) is 3.86. The maximum atomic E-state index is 12.6. The fourth-order valence-electron chi connectivity index (χ4n) is 2.03. The monoisotopic (exact) mass is 352 g/mol. The zero-order chi connectivity index (χ0) is 16.0. The molecule has 0 amide bonds. The third-order valence-corrected chi connectivity index (χ3v) is 6.15. The molecule has 0 unspecified atom stereocenters. The van der Waals surface area contributed by atoms with Crippen LogP contribution in [0.15, 0.2) is 23.1 Å². The second-order valence-electron chi connectivity index (χ2n) is 4.60. The third kappa shape index (κ3) is 4.83. The maximum Gasteiger partial charge on any atom is 0.243 e. The molecule has 0 bridgehead atoms. The van der Waals surface area contributed by atoms with E-state index in [9.17, 15) is 8.42 Å². The molecular formula is C14H22Cl2N2O2S. The molecule has 1 rings (SSSR count). The molecule has 0 aliphatic rings. The van der Waals surface area contributed by atoms with Crippen molar-refractivity contribution >= 4 is 33.2 Å². The first kappa shape index (κ1) is 18.7. The van der Waals surface area contributed by atoms with Crippen LogP contribution in [-0.4, -0.2) is 50.3 Å². The van der Waals surface area contributed by atoms with Gasteiger partial charge in [0.15, 0.2) is 0 Å². The van der Waals surface area contributed by atoms with Gasteiger partial charge in [0.25, 0.3) is 0 Å². The van der Waals surface area contributed by atoms with Crippen molar-refractivity contribution in [3.8, 4) is 0 Å². The number of hydrogen-bond donors (Lipinski definition) is 0. The lowest BCUT2D eigenvalue weighted by Gasteiger charge is -2.25. The van der Waals surface area contributed by atoms with E-state index in [0.717, 1.165) is 13.1 Å². The van der Waals surface area contributed by atoms with E-state index >= 15 is 0 Å². The highest BCUT2D eigenvalue weighted by atomic mass is 35.5. The molecular weight excluding hydrogens is 331 g/mol. The highest BCUT2D eigenvalue weighted by Crippen LogP contribution is 2.26. The van der Waals surface area contributed by atoms with Crippen LogP contribution in [0.1, 0.15) is 20.8 Å². The number of hydrogen-bond acceptors (Lipinski definition) is 3. The molecule has 1 aromatic rings. The Morgan fingerprint density at radius 1 is 0.952 bits per heavy atom. The van der Waals surface area contributed by atoms with Gasteiger partial charge >= 0.3 is 0 Å². The van der Waals surface area contributed by atoms with Crippen LogP contribution in [-0.2, 0) is 10.0 Å². The van der Waals surface area contributed by atoms with E-state index in [1.165, 1.54) is 22.5 Å². The average Bonchev–Trinajstić information content (AvgIpc) is 2.46.